The average Bonchev–Trinajstić information content (AvgIpc) is 2.84. The SMILES string of the molecule is CNC(=O)C1(C)CCN(C(=O)c2cccc(C)c2N)C1. The highest BCUT2D eigenvalue weighted by Crippen LogP contribution is 2.31. The number of aryl methyl sites for hydroxylation is 1. The van der Waals surface area contributed by atoms with Crippen molar-refractivity contribution in [1.29, 1.82) is 0 Å². The van der Waals surface area contributed by atoms with Gasteiger partial charge in [-0.15, -0.1) is 0 Å². The number of nitrogens with zero attached hydrogens (tertiary/aromatic N) is 1. The number of hydrogen-bond donors (Lipinski definition) is 2. The lowest BCUT2D eigenvalue weighted by molar-refractivity contribution is -0.128. The number of likely N-dealkylation sites (tertiary alicyclic amines) is 1. The molecule has 0 aliphatic carbocycles. The van der Waals surface area contributed by atoms with Crippen LogP contribution in [0, 0.1) is 12.3 Å². The molecule has 108 valence electrons. The summed E-state index contributed by atoms with van der Waals surface area (Å²) >= 11 is 0. The van der Waals surface area contributed by atoms with Crippen LogP contribution in [-0.4, -0.2) is 36.9 Å². The summed E-state index contributed by atoms with van der Waals surface area (Å²) in [5.74, 6) is -0.121. The number of rotatable bonds is 2. The third-order valence-electron chi connectivity index (χ3n) is 4.09. The molecule has 0 radical (unpaired) electrons. The maximum atomic E-state index is 12.5. The van der Waals surface area contributed by atoms with E-state index in [4.69, 9.17) is 5.73 Å². The number of hydrogen-bond acceptors (Lipinski definition) is 3. The fourth-order valence-electron chi connectivity index (χ4n) is 2.66. The summed E-state index contributed by atoms with van der Waals surface area (Å²) in [6.07, 6.45) is 0.671. The molecule has 1 aliphatic rings. The van der Waals surface area contributed by atoms with Crippen molar-refractivity contribution in [2.45, 2.75) is 20.3 Å². The van der Waals surface area contributed by atoms with E-state index in [1.54, 1.807) is 18.0 Å². The first-order valence-electron chi connectivity index (χ1n) is 6.75. The van der Waals surface area contributed by atoms with Crippen molar-refractivity contribution in [2.24, 2.45) is 5.41 Å². The highest BCUT2D eigenvalue weighted by Gasteiger charge is 2.41. The second-order valence-corrected chi connectivity index (χ2v) is 5.65. The number of nitrogens with two attached hydrogens (primary N) is 1. The number of para-hydroxylation sites is 1. The summed E-state index contributed by atoms with van der Waals surface area (Å²) in [6.45, 7) is 4.78. The van der Waals surface area contributed by atoms with E-state index in [1.165, 1.54) is 0 Å². The number of nitrogens with one attached hydrogen (secondary N) is 1. The molecule has 3 N–H and O–H groups in total. The van der Waals surface area contributed by atoms with E-state index >= 15 is 0 Å². The zero-order chi connectivity index (χ0) is 14.9. The third kappa shape index (κ3) is 2.35. The van der Waals surface area contributed by atoms with Gasteiger partial charge in [0.05, 0.1) is 11.0 Å². The van der Waals surface area contributed by atoms with E-state index in [-0.39, 0.29) is 11.8 Å². The molecular weight excluding hydrogens is 254 g/mol. The molecule has 1 saturated heterocycles. The van der Waals surface area contributed by atoms with Crippen LogP contribution < -0.4 is 11.1 Å². The van der Waals surface area contributed by atoms with Gasteiger partial charge in [-0.2, -0.15) is 0 Å². The Kier molecular flexibility index (Phi) is 3.70. The minimum absolute atomic E-state index is 0.0231. The predicted octanol–water partition coefficient (Wildman–Crippen LogP) is 1.18. The van der Waals surface area contributed by atoms with E-state index < -0.39 is 5.41 Å². The standard InChI is InChI=1S/C15H21N3O2/c1-10-5-4-6-11(12(10)16)13(19)18-8-7-15(2,9-18)14(20)17-3/h4-6H,7-9,16H2,1-3H3,(H,17,20). The summed E-state index contributed by atoms with van der Waals surface area (Å²) in [5.41, 5.74) is 7.40. The van der Waals surface area contributed by atoms with Crippen molar-refractivity contribution in [2.75, 3.05) is 25.9 Å². The Morgan fingerprint density at radius 1 is 1.40 bits per heavy atom. The van der Waals surface area contributed by atoms with Gasteiger partial charge in [-0.25, -0.2) is 0 Å². The highest BCUT2D eigenvalue weighted by molar-refractivity contribution is 6.00. The zero-order valence-electron chi connectivity index (χ0n) is 12.2. The fourth-order valence-corrected chi connectivity index (χ4v) is 2.66. The summed E-state index contributed by atoms with van der Waals surface area (Å²) in [4.78, 5) is 26.1. The maximum Gasteiger partial charge on any atom is 0.255 e. The molecule has 1 unspecified atom stereocenters. The molecule has 1 aromatic carbocycles. The molecule has 0 bridgehead atoms. The molecule has 2 rings (SSSR count). The van der Waals surface area contributed by atoms with Crippen molar-refractivity contribution >= 4 is 17.5 Å². The van der Waals surface area contributed by atoms with Gasteiger partial charge in [-0.3, -0.25) is 9.59 Å². The lowest BCUT2D eigenvalue weighted by atomic mass is 9.89. The smallest absolute Gasteiger partial charge is 0.255 e. The lowest BCUT2D eigenvalue weighted by Crippen LogP contribution is -2.40. The van der Waals surface area contributed by atoms with Gasteiger partial charge in [-0.05, 0) is 31.9 Å². The Morgan fingerprint density at radius 2 is 2.10 bits per heavy atom. The maximum absolute atomic E-state index is 12.5. The van der Waals surface area contributed by atoms with Crippen LogP contribution in [0.5, 0.6) is 0 Å². The van der Waals surface area contributed by atoms with Crippen molar-refractivity contribution < 1.29 is 9.59 Å². The molecule has 2 amide bonds. The molecule has 1 atom stereocenters. The Balaban J connectivity index is 2.20. The van der Waals surface area contributed by atoms with Crippen molar-refractivity contribution in [3.63, 3.8) is 0 Å². The van der Waals surface area contributed by atoms with Gasteiger partial charge in [0.2, 0.25) is 5.91 Å². The minimum atomic E-state index is -0.511. The van der Waals surface area contributed by atoms with Crippen LogP contribution in [0.25, 0.3) is 0 Å². The molecule has 1 heterocycles. The lowest BCUT2D eigenvalue weighted by Gasteiger charge is -2.23. The minimum Gasteiger partial charge on any atom is -0.398 e. The Morgan fingerprint density at radius 3 is 2.75 bits per heavy atom. The fraction of sp³-hybridized carbons (Fsp3) is 0.467. The van der Waals surface area contributed by atoms with Crippen LogP contribution >= 0.6 is 0 Å². The number of carbonyl (C=O) groups excluding carboxylic acids is 2. The van der Waals surface area contributed by atoms with Gasteiger partial charge in [0.15, 0.2) is 0 Å². The first-order valence-corrected chi connectivity index (χ1v) is 6.75. The van der Waals surface area contributed by atoms with Crippen LogP contribution in [-0.2, 0) is 4.79 Å². The molecule has 0 spiro atoms. The number of amides is 2. The quantitative estimate of drug-likeness (QED) is 0.796. The summed E-state index contributed by atoms with van der Waals surface area (Å²) < 4.78 is 0. The first-order chi connectivity index (χ1) is 9.39. The van der Waals surface area contributed by atoms with E-state index in [0.717, 1.165) is 5.56 Å². The van der Waals surface area contributed by atoms with Gasteiger partial charge < -0.3 is 16.0 Å². The second kappa shape index (κ2) is 5.15. The normalized spacial score (nSPS) is 21.9. The molecule has 5 heteroatoms. The van der Waals surface area contributed by atoms with Gasteiger partial charge in [0.25, 0.3) is 5.91 Å². The zero-order valence-corrected chi connectivity index (χ0v) is 12.2. The molecular formula is C15H21N3O2. The average molecular weight is 275 g/mol. The molecule has 1 fully saturated rings. The number of nitrogen functional groups attached to an aromatic ring is 1. The number of anilines is 1. The number of carbonyl (C=O) groups is 2. The molecule has 1 aromatic rings. The first kappa shape index (κ1) is 14.4. The Labute approximate surface area is 119 Å². The van der Waals surface area contributed by atoms with E-state index in [0.29, 0.717) is 30.8 Å². The van der Waals surface area contributed by atoms with E-state index in [1.807, 2.05) is 26.0 Å². The largest absolute Gasteiger partial charge is 0.398 e. The molecule has 20 heavy (non-hydrogen) atoms. The van der Waals surface area contributed by atoms with Crippen molar-refractivity contribution in [3.8, 4) is 0 Å². The van der Waals surface area contributed by atoms with Crippen LogP contribution in [0.2, 0.25) is 0 Å². The summed E-state index contributed by atoms with van der Waals surface area (Å²) in [6, 6.07) is 5.44. The topological polar surface area (TPSA) is 75.4 Å². The van der Waals surface area contributed by atoms with Crippen LogP contribution in [0.1, 0.15) is 29.3 Å². The molecule has 0 saturated carbocycles. The van der Waals surface area contributed by atoms with Gasteiger partial charge in [0.1, 0.15) is 0 Å². The second-order valence-electron chi connectivity index (χ2n) is 5.65. The van der Waals surface area contributed by atoms with E-state index in [2.05, 4.69) is 5.32 Å². The van der Waals surface area contributed by atoms with Crippen LogP contribution in [0.4, 0.5) is 5.69 Å². The van der Waals surface area contributed by atoms with Gasteiger partial charge in [-0.1, -0.05) is 12.1 Å². The predicted molar refractivity (Wildman–Crippen MR) is 78.3 cm³/mol. The van der Waals surface area contributed by atoms with Crippen molar-refractivity contribution in [3.05, 3.63) is 29.3 Å². The highest BCUT2D eigenvalue weighted by atomic mass is 16.2. The monoisotopic (exact) mass is 275 g/mol. The third-order valence-corrected chi connectivity index (χ3v) is 4.09. The van der Waals surface area contributed by atoms with Crippen molar-refractivity contribution in [1.82, 2.24) is 10.2 Å². The Bertz CT molecular complexity index is 556. The van der Waals surface area contributed by atoms with E-state index in [9.17, 15) is 9.59 Å². The molecule has 1 aliphatic heterocycles. The molecule has 0 aromatic heterocycles. The number of benzene rings is 1. The summed E-state index contributed by atoms with van der Waals surface area (Å²) in [5, 5.41) is 2.67. The molecule has 5 nitrogen and oxygen atoms in total. The van der Waals surface area contributed by atoms with Gasteiger partial charge in [0, 0.05) is 25.8 Å². The van der Waals surface area contributed by atoms with Crippen LogP contribution in [0.15, 0.2) is 18.2 Å². The Hall–Kier alpha value is -2.04. The summed E-state index contributed by atoms with van der Waals surface area (Å²) in [7, 11) is 1.62. The van der Waals surface area contributed by atoms with Gasteiger partial charge >= 0.3 is 0 Å². The van der Waals surface area contributed by atoms with Crippen LogP contribution in [0.3, 0.4) is 0 Å².